The molecule has 0 aliphatic carbocycles. The molecule has 31 heavy (non-hydrogen) atoms. The summed E-state index contributed by atoms with van der Waals surface area (Å²) in [5, 5.41) is 0. The average molecular weight is 490 g/mol. The van der Waals surface area contributed by atoms with Crippen LogP contribution in [0, 0.1) is 0 Å². The van der Waals surface area contributed by atoms with Crippen molar-refractivity contribution < 1.29 is 33.3 Å². The first-order valence-electron chi connectivity index (χ1n) is 9.74. The molecule has 2 aliphatic rings. The number of carbonyl (C=O) groups is 3. The van der Waals surface area contributed by atoms with Crippen molar-refractivity contribution in [3.05, 3.63) is 57.1 Å². The minimum atomic E-state index is -0.595. The Bertz CT molecular complexity index is 1050. The van der Waals surface area contributed by atoms with Crippen molar-refractivity contribution in [1.29, 1.82) is 0 Å². The molecule has 2 aliphatic heterocycles. The number of benzene rings is 2. The number of imide groups is 1. The van der Waals surface area contributed by atoms with Gasteiger partial charge in [-0.3, -0.25) is 14.5 Å². The Labute approximate surface area is 187 Å². The second-order valence-corrected chi connectivity index (χ2v) is 7.89. The van der Waals surface area contributed by atoms with Gasteiger partial charge in [-0.1, -0.05) is 15.9 Å². The monoisotopic (exact) mass is 489 g/mol. The van der Waals surface area contributed by atoms with Crippen LogP contribution in [0.1, 0.15) is 43.1 Å². The number of nitrogens with zero attached hydrogens (tertiary/aromatic N) is 1. The van der Waals surface area contributed by atoms with Gasteiger partial charge in [-0.05, 0) is 36.8 Å². The predicted octanol–water partition coefficient (Wildman–Crippen LogP) is 3.21. The second kappa shape index (κ2) is 9.07. The van der Waals surface area contributed by atoms with Gasteiger partial charge in [-0.2, -0.15) is 0 Å². The summed E-state index contributed by atoms with van der Waals surface area (Å²) in [7, 11) is 1.56. The number of hydrogen-bond donors (Lipinski definition) is 0. The third-order valence-electron chi connectivity index (χ3n) is 5.01. The first-order chi connectivity index (χ1) is 15.0. The van der Waals surface area contributed by atoms with Crippen LogP contribution in [-0.2, 0) is 16.1 Å². The molecule has 2 aromatic rings. The van der Waals surface area contributed by atoms with E-state index in [1.807, 2.05) is 0 Å². The Hall–Kier alpha value is -2.91. The smallest absolute Gasteiger partial charge is 0.338 e. The molecule has 0 spiro atoms. The molecule has 2 heterocycles. The summed E-state index contributed by atoms with van der Waals surface area (Å²) in [5.74, 6) is -0.153. The molecule has 0 radical (unpaired) electrons. The number of ether oxygens (including phenoxy) is 4. The largest absolute Gasteiger partial charge is 0.486 e. The molecule has 162 valence electrons. The van der Waals surface area contributed by atoms with E-state index in [0.29, 0.717) is 43.3 Å². The average Bonchev–Trinajstić information content (AvgIpc) is 3.02. The van der Waals surface area contributed by atoms with Gasteiger partial charge in [0.1, 0.15) is 19.8 Å². The maximum atomic E-state index is 12.6. The molecular weight excluding hydrogens is 470 g/mol. The summed E-state index contributed by atoms with van der Waals surface area (Å²) in [5.41, 5.74) is 1.41. The van der Waals surface area contributed by atoms with Gasteiger partial charge in [-0.15, -0.1) is 0 Å². The number of halogens is 1. The van der Waals surface area contributed by atoms with E-state index < -0.39 is 11.9 Å². The zero-order chi connectivity index (χ0) is 22.0. The molecule has 0 atom stereocenters. The summed E-state index contributed by atoms with van der Waals surface area (Å²) in [6.45, 7) is 1.65. The van der Waals surface area contributed by atoms with Gasteiger partial charge in [0.05, 0.1) is 16.7 Å². The lowest BCUT2D eigenvalue weighted by atomic mass is 10.1. The maximum Gasteiger partial charge on any atom is 0.338 e. The molecule has 2 aromatic carbocycles. The van der Waals surface area contributed by atoms with E-state index in [9.17, 15) is 14.4 Å². The predicted molar refractivity (Wildman–Crippen MR) is 113 cm³/mol. The molecule has 0 saturated carbocycles. The van der Waals surface area contributed by atoms with E-state index in [-0.39, 0.29) is 35.7 Å². The van der Waals surface area contributed by atoms with E-state index in [0.717, 1.165) is 4.47 Å². The zero-order valence-electron chi connectivity index (χ0n) is 16.8. The van der Waals surface area contributed by atoms with Crippen molar-refractivity contribution in [2.45, 2.75) is 13.0 Å². The van der Waals surface area contributed by atoms with E-state index in [4.69, 9.17) is 18.9 Å². The van der Waals surface area contributed by atoms with Gasteiger partial charge in [0, 0.05) is 30.3 Å². The third kappa shape index (κ3) is 4.28. The van der Waals surface area contributed by atoms with Crippen molar-refractivity contribution >= 4 is 33.7 Å². The normalized spacial score (nSPS) is 14.6. The van der Waals surface area contributed by atoms with Crippen LogP contribution in [0.2, 0.25) is 0 Å². The number of carbonyl (C=O) groups excluding carboxylic acids is 3. The maximum absolute atomic E-state index is 12.6. The fraction of sp³-hybridized carbons (Fsp3) is 0.318. The van der Waals surface area contributed by atoms with E-state index in [2.05, 4.69) is 15.9 Å². The van der Waals surface area contributed by atoms with Gasteiger partial charge in [0.2, 0.25) is 0 Å². The van der Waals surface area contributed by atoms with Crippen LogP contribution < -0.4 is 9.47 Å². The fourth-order valence-electron chi connectivity index (χ4n) is 3.43. The minimum Gasteiger partial charge on any atom is -0.486 e. The summed E-state index contributed by atoms with van der Waals surface area (Å²) in [4.78, 5) is 38.8. The van der Waals surface area contributed by atoms with E-state index in [1.165, 1.54) is 23.1 Å². The molecule has 2 amide bonds. The van der Waals surface area contributed by atoms with Crippen LogP contribution in [0.4, 0.5) is 0 Å². The number of hydrogen-bond acceptors (Lipinski definition) is 7. The topological polar surface area (TPSA) is 91.4 Å². The summed E-state index contributed by atoms with van der Waals surface area (Å²) in [6, 6.07) is 7.92. The third-order valence-corrected chi connectivity index (χ3v) is 5.74. The molecule has 0 N–H and O–H groups in total. The second-order valence-electron chi connectivity index (χ2n) is 7.03. The lowest BCUT2D eigenvalue weighted by Crippen LogP contribution is -2.31. The molecule has 0 unspecified atom stereocenters. The number of fused-ring (bicyclic) bond motifs is 2. The first kappa shape index (κ1) is 21.3. The molecule has 0 aromatic heterocycles. The van der Waals surface area contributed by atoms with Gasteiger partial charge >= 0.3 is 5.97 Å². The first-order valence-corrected chi connectivity index (χ1v) is 10.5. The van der Waals surface area contributed by atoms with Crippen molar-refractivity contribution in [3.8, 4) is 11.5 Å². The van der Waals surface area contributed by atoms with Crippen LogP contribution >= 0.6 is 15.9 Å². The van der Waals surface area contributed by atoms with Crippen LogP contribution in [0.25, 0.3) is 0 Å². The van der Waals surface area contributed by atoms with Crippen molar-refractivity contribution in [2.24, 2.45) is 0 Å². The molecular formula is C22H20BrNO7. The number of amides is 2. The summed E-state index contributed by atoms with van der Waals surface area (Å²) < 4.78 is 22.2. The van der Waals surface area contributed by atoms with E-state index in [1.54, 1.807) is 19.2 Å². The molecule has 0 saturated heterocycles. The van der Waals surface area contributed by atoms with Crippen molar-refractivity contribution in [3.63, 3.8) is 0 Å². The summed E-state index contributed by atoms with van der Waals surface area (Å²) in [6.07, 6.45) is 0.543. The number of methoxy groups -OCH3 is 1. The molecule has 4 rings (SSSR count). The lowest BCUT2D eigenvalue weighted by molar-refractivity contribution is 0.0470. The zero-order valence-corrected chi connectivity index (χ0v) is 18.4. The highest BCUT2D eigenvalue weighted by atomic mass is 79.9. The standard InChI is InChI=1S/C22H20BrNO7/c1-28-6-2-5-24-20(25)15-4-3-13(9-16(15)21(24)26)22(27)31-12-14-10-18-19(11-17(14)23)30-8-7-29-18/h3-4,9-11H,2,5-8,12H2,1H3. The molecule has 8 nitrogen and oxygen atoms in total. The Kier molecular flexibility index (Phi) is 6.24. The Morgan fingerprint density at radius 1 is 1.06 bits per heavy atom. The highest BCUT2D eigenvalue weighted by Crippen LogP contribution is 2.36. The van der Waals surface area contributed by atoms with Gasteiger partial charge in [0.15, 0.2) is 11.5 Å². The lowest BCUT2D eigenvalue weighted by Gasteiger charge is -2.19. The van der Waals surface area contributed by atoms with Crippen molar-refractivity contribution in [2.75, 3.05) is 33.5 Å². The molecule has 0 fully saturated rings. The highest BCUT2D eigenvalue weighted by Gasteiger charge is 2.35. The van der Waals surface area contributed by atoms with Crippen molar-refractivity contribution in [1.82, 2.24) is 4.90 Å². The minimum absolute atomic E-state index is 0.00314. The van der Waals surface area contributed by atoms with Crippen LogP contribution in [0.15, 0.2) is 34.8 Å². The number of rotatable bonds is 7. The number of esters is 1. The van der Waals surface area contributed by atoms with Crippen LogP contribution in [-0.4, -0.2) is 56.2 Å². The summed E-state index contributed by atoms with van der Waals surface area (Å²) >= 11 is 3.45. The molecule has 0 bridgehead atoms. The highest BCUT2D eigenvalue weighted by molar-refractivity contribution is 9.10. The van der Waals surface area contributed by atoms with Crippen LogP contribution in [0.5, 0.6) is 11.5 Å². The Morgan fingerprint density at radius 3 is 2.52 bits per heavy atom. The van der Waals surface area contributed by atoms with Crippen LogP contribution in [0.3, 0.4) is 0 Å². The SMILES string of the molecule is COCCCN1C(=O)c2ccc(C(=O)OCc3cc4c(cc3Br)OCCO4)cc2C1=O. The molecule has 9 heteroatoms. The Morgan fingerprint density at radius 2 is 1.77 bits per heavy atom. The Balaban J connectivity index is 1.45. The van der Waals surface area contributed by atoms with Gasteiger partial charge < -0.3 is 18.9 Å². The fourth-order valence-corrected chi connectivity index (χ4v) is 3.87. The quantitative estimate of drug-likeness (QED) is 0.335. The van der Waals surface area contributed by atoms with Gasteiger partial charge in [-0.25, -0.2) is 4.79 Å². The van der Waals surface area contributed by atoms with Gasteiger partial charge in [0.25, 0.3) is 11.8 Å². The van der Waals surface area contributed by atoms with E-state index >= 15 is 0 Å².